The Balaban J connectivity index is 1.88. The minimum absolute atomic E-state index is 0.00729. The molecule has 0 spiro atoms. The first-order valence-electron chi connectivity index (χ1n) is 8.84. The molecular formula is C17H19NO12. The molecule has 2 aliphatic rings. The fourth-order valence-corrected chi connectivity index (χ4v) is 3.16. The smallest absolute Gasteiger partial charge is 0.433 e. The van der Waals surface area contributed by atoms with Gasteiger partial charge in [0.2, 0.25) is 18.7 Å². The molecular weight excluding hydrogens is 410 g/mol. The highest BCUT2D eigenvalue weighted by atomic mass is 16.8. The molecule has 6 atom stereocenters. The summed E-state index contributed by atoms with van der Waals surface area (Å²) in [5.74, 6) is -2.66. The van der Waals surface area contributed by atoms with Crippen molar-refractivity contribution in [2.24, 2.45) is 0 Å². The molecule has 3 heterocycles. The summed E-state index contributed by atoms with van der Waals surface area (Å²) < 4.78 is 37.6. The second-order valence-electron chi connectivity index (χ2n) is 6.50. The second kappa shape index (κ2) is 8.77. The standard InChI is InChI=1S/C17H19NO12/c1-7(19)25-14-13-11(29-17(27-9(3)21)15(14)26-8(2)20)6-24-16(30-13)10-4-5-12(28-10)18(22)23/h4-5,11,13-17H,6H2,1-3H3. The first-order chi connectivity index (χ1) is 14.2. The number of hydrogen-bond donors (Lipinski definition) is 0. The molecule has 1 aromatic rings. The minimum Gasteiger partial charge on any atom is -0.455 e. The van der Waals surface area contributed by atoms with Crippen LogP contribution < -0.4 is 0 Å². The fraction of sp³-hybridized carbons (Fsp3) is 0.588. The zero-order valence-corrected chi connectivity index (χ0v) is 16.2. The molecule has 0 amide bonds. The predicted octanol–water partition coefficient (Wildman–Crippen LogP) is 0.753. The van der Waals surface area contributed by atoms with Crippen LogP contribution in [0, 0.1) is 10.1 Å². The molecule has 2 fully saturated rings. The Morgan fingerprint density at radius 1 is 1.00 bits per heavy atom. The Labute approximate surface area is 169 Å². The number of fused-ring (bicyclic) bond motifs is 1. The van der Waals surface area contributed by atoms with E-state index in [1.807, 2.05) is 0 Å². The SMILES string of the molecule is CC(=O)OC1OC2COC(c3ccc([N+](=O)[O-])o3)OC2C(OC(C)=O)C1OC(C)=O. The Bertz CT molecular complexity index is 834. The molecule has 0 aromatic carbocycles. The van der Waals surface area contributed by atoms with E-state index < -0.39 is 65.7 Å². The van der Waals surface area contributed by atoms with Gasteiger partial charge in [0.25, 0.3) is 0 Å². The monoisotopic (exact) mass is 429 g/mol. The molecule has 0 aliphatic carbocycles. The van der Waals surface area contributed by atoms with Crippen LogP contribution in [0.2, 0.25) is 0 Å². The molecule has 0 bridgehead atoms. The lowest BCUT2D eigenvalue weighted by Gasteiger charge is -2.47. The van der Waals surface area contributed by atoms with Crippen LogP contribution in [0.3, 0.4) is 0 Å². The van der Waals surface area contributed by atoms with Gasteiger partial charge in [-0.1, -0.05) is 0 Å². The molecule has 0 saturated carbocycles. The van der Waals surface area contributed by atoms with Crippen molar-refractivity contribution < 1.29 is 52.1 Å². The summed E-state index contributed by atoms with van der Waals surface area (Å²) in [6, 6.07) is 2.44. The van der Waals surface area contributed by atoms with Gasteiger partial charge in [-0.15, -0.1) is 0 Å². The van der Waals surface area contributed by atoms with Crippen molar-refractivity contribution in [1.29, 1.82) is 0 Å². The van der Waals surface area contributed by atoms with Crippen LogP contribution in [0.4, 0.5) is 5.88 Å². The summed E-state index contributed by atoms with van der Waals surface area (Å²) in [6.07, 6.45) is -6.97. The lowest BCUT2D eigenvalue weighted by Crippen LogP contribution is -2.64. The maximum atomic E-state index is 11.7. The van der Waals surface area contributed by atoms with Crippen LogP contribution in [-0.2, 0) is 42.8 Å². The van der Waals surface area contributed by atoms with E-state index in [0.717, 1.165) is 26.8 Å². The number of nitro groups is 1. The van der Waals surface area contributed by atoms with Gasteiger partial charge in [-0.2, -0.15) is 0 Å². The van der Waals surface area contributed by atoms with Gasteiger partial charge in [0.1, 0.15) is 17.1 Å². The number of rotatable bonds is 5. The molecule has 6 unspecified atom stereocenters. The van der Waals surface area contributed by atoms with Crippen molar-refractivity contribution >= 4 is 23.8 Å². The number of ether oxygens (including phenoxy) is 6. The van der Waals surface area contributed by atoms with Crippen molar-refractivity contribution in [1.82, 2.24) is 0 Å². The Morgan fingerprint density at radius 3 is 2.20 bits per heavy atom. The maximum Gasteiger partial charge on any atom is 0.433 e. The number of carbonyl (C=O) groups is 3. The number of carbonyl (C=O) groups excluding carboxylic acids is 3. The number of nitrogens with zero attached hydrogens (tertiary/aromatic N) is 1. The summed E-state index contributed by atoms with van der Waals surface area (Å²) in [4.78, 5) is 44.8. The zero-order chi connectivity index (χ0) is 22.0. The van der Waals surface area contributed by atoms with Gasteiger partial charge < -0.3 is 32.8 Å². The summed E-state index contributed by atoms with van der Waals surface area (Å²) in [6.45, 7) is 3.28. The van der Waals surface area contributed by atoms with E-state index in [1.165, 1.54) is 6.07 Å². The van der Waals surface area contributed by atoms with E-state index in [4.69, 9.17) is 32.8 Å². The predicted molar refractivity (Wildman–Crippen MR) is 90.5 cm³/mol. The largest absolute Gasteiger partial charge is 0.455 e. The van der Waals surface area contributed by atoms with Crippen LogP contribution in [0.25, 0.3) is 0 Å². The van der Waals surface area contributed by atoms with E-state index in [9.17, 15) is 24.5 Å². The van der Waals surface area contributed by atoms with Crippen molar-refractivity contribution in [3.05, 3.63) is 28.0 Å². The quantitative estimate of drug-likeness (QED) is 0.280. The van der Waals surface area contributed by atoms with Crippen molar-refractivity contribution in [3.8, 4) is 0 Å². The van der Waals surface area contributed by atoms with Gasteiger partial charge in [-0.25, -0.2) is 0 Å². The average molecular weight is 429 g/mol. The lowest BCUT2D eigenvalue weighted by molar-refractivity contribution is -0.404. The Kier molecular flexibility index (Phi) is 6.34. The van der Waals surface area contributed by atoms with Crippen LogP contribution in [0.15, 0.2) is 16.5 Å². The van der Waals surface area contributed by atoms with Gasteiger partial charge in [0.15, 0.2) is 11.9 Å². The third-order valence-corrected chi connectivity index (χ3v) is 4.19. The molecule has 13 nitrogen and oxygen atoms in total. The number of furan rings is 1. The third kappa shape index (κ3) is 4.75. The first-order valence-corrected chi connectivity index (χ1v) is 8.84. The molecule has 164 valence electrons. The first kappa shape index (κ1) is 21.7. The fourth-order valence-electron chi connectivity index (χ4n) is 3.16. The normalized spacial score (nSPS) is 30.6. The highest BCUT2D eigenvalue weighted by molar-refractivity contribution is 5.68. The highest BCUT2D eigenvalue weighted by Crippen LogP contribution is 2.37. The number of hydrogen-bond acceptors (Lipinski definition) is 12. The van der Waals surface area contributed by atoms with Crippen molar-refractivity contribution in [2.75, 3.05) is 6.61 Å². The average Bonchev–Trinajstić information content (AvgIpc) is 3.13. The van der Waals surface area contributed by atoms with Crippen molar-refractivity contribution in [3.63, 3.8) is 0 Å². The second-order valence-corrected chi connectivity index (χ2v) is 6.50. The van der Waals surface area contributed by atoms with Crippen LogP contribution in [0.5, 0.6) is 0 Å². The molecule has 1 aromatic heterocycles. The summed E-state index contributed by atoms with van der Waals surface area (Å²) in [7, 11) is 0. The van der Waals surface area contributed by atoms with E-state index in [0.29, 0.717) is 0 Å². The van der Waals surface area contributed by atoms with Gasteiger partial charge in [0, 0.05) is 20.8 Å². The topological polar surface area (TPSA) is 163 Å². The number of esters is 3. The summed E-state index contributed by atoms with van der Waals surface area (Å²) in [5, 5.41) is 10.8. The van der Waals surface area contributed by atoms with Crippen LogP contribution >= 0.6 is 0 Å². The van der Waals surface area contributed by atoms with Crippen molar-refractivity contribution in [2.45, 2.75) is 57.8 Å². The van der Waals surface area contributed by atoms with Crippen LogP contribution in [-0.4, -0.2) is 60.1 Å². The zero-order valence-electron chi connectivity index (χ0n) is 16.2. The van der Waals surface area contributed by atoms with E-state index >= 15 is 0 Å². The minimum atomic E-state index is -1.37. The van der Waals surface area contributed by atoms with E-state index in [2.05, 4.69) is 0 Å². The van der Waals surface area contributed by atoms with Gasteiger partial charge in [0.05, 0.1) is 12.7 Å². The van der Waals surface area contributed by atoms with Gasteiger partial charge in [-0.3, -0.25) is 24.5 Å². The molecule has 2 saturated heterocycles. The molecule has 13 heteroatoms. The lowest BCUT2D eigenvalue weighted by atomic mass is 9.97. The summed E-state index contributed by atoms with van der Waals surface area (Å²) in [5.41, 5.74) is 0. The van der Waals surface area contributed by atoms with Gasteiger partial charge in [-0.05, 0) is 6.07 Å². The van der Waals surface area contributed by atoms with Gasteiger partial charge >= 0.3 is 23.8 Å². The molecule has 0 radical (unpaired) electrons. The Morgan fingerprint density at radius 2 is 1.63 bits per heavy atom. The highest BCUT2D eigenvalue weighted by Gasteiger charge is 2.55. The third-order valence-electron chi connectivity index (χ3n) is 4.19. The molecule has 2 aliphatic heterocycles. The molecule has 30 heavy (non-hydrogen) atoms. The van der Waals surface area contributed by atoms with Crippen LogP contribution in [0.1, 0.15) is 32.8 Å². The van der Waals surface area contributed by atoms with E-state index in [1.54, 1.807) is 0 Å². The maximum absolute atomic E-state index is 11.7. The molecule has 3 rings (SSSR count). The molecule has 0 N–H and O–H groups in total. The van der Waals surface area contributed by atoms with E-state index in [-0.39, 0.29) is 12.4 Å². The summed E-state index contributed by atoms with van der Waals surface area (Å²) >= 11 is 0. The Hall–Kier alpha value is -3.03.